The molecule has 1 aromatic carbocycles. The van der Waals surface area contributed by atoms with Gasteiger partial charge in [0.05, 0.1) is 5.60 Å². The van der Waals surface area contributed by atoms with Crippen molar-refractivity contribution in [2.45, 2.75) is 25.4 Å². The molecule has 3 N–H and O–H groups in total. The van der Waals surface area contributed by atoms with Crippen LogP contribution in [0.25, 0.3) is 0 Å². The highest BCUT2D eigenvalue weighted by Crippen LogP contribution is 2.11. The van der Waals surface area contributed by atoms with Gasteiger partial charge < -0.3 is 15.7 Å². The molecule has 0 aliphatic carbocycles. The Bertz CT molecular complexity index is 478. The van der Waals surface area contributed by atoms with E-state index >= 15 is 0 Å². The van der Waals surface area contributed by atoms with Crippen molar-refractivity contribution in [2.24, 2.45) is 0 Å². The molecule has 1 unspecified atom stereocenters. The average Bonchev–Trinajstić information content (AvgIpc) is 2.51. The number of aliphatic hydroxyl groups is 1. The fraction of sp³-hybridized carbons (Fsp3) is 0.500. The Morgan fingerprint density at radius 3 is 2.45 bits per heavy atom. The lowest BCUT2D eigenvalue weighted by molar-refractivity contribution is -0.139. The second-order valence-electron chi connectivity index (χ2n) is 5.41. The molecule has 0 heterocycles. The number of rotatable bonds is 8. The van der Waals surface area contributed by atoms with Gasteiger partial charge >= 0.3 is 11.8 Å². The van der Waals surface area contributed by atoms with Crippen LogP contribution in [-0.2, 0) is 16.0 Å². The molecule has 0 bridgehead atoms. The molecule has 0 saturated carbocycles. The van der Waals surface area contributed by atoms with Crippen LogP contribution in [0.3, 0.4) is 0 Å². The van der Waals surface area contributed by atoms with Gasteiger partial charge in [-0.1, -0.05) is 30.3 Å². The molecule has 0 aromatic heterocycles. The highest BCUT2D eigenvalue weighted by atomic mass is 32.2. The SMILES string of the molecule is CSCCC(C)(O)CNC(=O)C(=O)NCCc1ccccc1. The standard InChI is InChI=1S/C16H24N2O3S/c1-16(21,9-11-22-2)12-18-15(20)14(19)17-10-8-13-6-4-3-5-7-13/h3-7,21H,8-12H2,1-2H3,(H,17,19)(H,18,20). The van der Waals surface area contributed by atoms with E-state index in [4.69, 9.17) is 0 Å². The molecule has 0 saturated heterocycles. The van der Waals surface area contributed by atoms with Gasteiger partial charge in [0.15, 0.2) is 0 Å². The maximum atomic E-state index is 11.7. The summed E-state index contributed by atoms with van der Waals surface area (Å²) >= 11 is 1.63. The lowest BCUT2D eigenvalue weighted by Gasteiger charge is -2.23. The van der Waals surface area contributed by atoms with Crippen LogP contribution in [-0.4, -0.2) is 47.6 Å². The second kappa shape index (κ2) is 9.48. The summed E-state index contributed by atoms with van der Waals surface area (Å²) in [5.74, 6) is -0.583. The molecular weight excluding hydrogens is 300 g/mol. The Balaban J connectivity index is 2.26. The van der Waals surface area contributed by atoms with Crippen LogP contribution in [0.5, 0.6) is 0 Å². The van der Waals surface area contributed by atoms with Gasteiger partial charge in [0.25, 0.3) is 0 Å². The molecular formula is C16H24N2O3S. The minimum Gasteiger partial charge on any atom is -0.388 e. The maximum Gasteiger partial charge on any atom is 0.309 e. The van der Waals surface area contributed by atoms with Crippen molar-refractivity contribution in [1.29, 1.82) is 0 Å². The normalized spacial score (nSPS) is 13.2. The molecule has 1 rings (SSSR count). The van der Waals surface area contributed by atoms with Gasteiger partial charge in [0.2, 0.25) is 0 Å². The first kappa shape index (κ1) is 18.5. The van der Waals surface area contributed by atoms with Gasteiger partial charge in [-0.3, -0.25) is 9.59 Å². The average molecular weight is 324 g/mol. The number of hydrogen-bond donors (Lipinski definition) is 3. The highest BCUT2D eigenvalue weighted by molar-refractivity contribution is 7.98. The Kier molecular flexibility index (Phi) is 7.98. The first-order chi connectivity index (χ1) is 10.4. The number of carbonyl (C=O) groups excluding carboxylic acids is 2. The van der Waals surface area contributed by atoms with Crippen molar-refractivity contribution in [3.05, 3.63) is 35.9 Å². The molecule has 0 aliphatic rings. The van der Waals surface area contributed by atoms with Gasteiger partial charge in [-0.2, -0.15) is 11.8 Å². The molecule has 1 atom stereocenters. The topological polar surface area (TPSA) is 78.4 Å². The third-order valence-corrected chi connectivity index (χ3v) is 3.84. The van der Waals surface area contributed by atoms with E-state index in [1.165, 1.54) is 0 Å². The van der Waals surface area contributed by atoms with Crippen LogP contribution in [0.1, 0.15) is 18.9 Å². The van der Waals surface area contributed by atoms with Crippen LogP contribution < -0.4 is 10.6 Å². The number of carbonyl (C=O) groups is 2. The van der Waals surface area contributed by atoms with Crippen molar-refractivity contribution in [3.8, 4) is 0 Å². The van der Waals surface area contributed by atoms with Crippen molar-refractivity contribution in [2.75, 3.05) is 25.1 Å². The van der Waals surface area contributed by atoms with Crippen molar-refractivity contribution in [3.63, 3.8) is 0 Å². The Labute approximate surface area is 135 Å². The van der Waals surface area contributed by atoms with E-state index in [1.807, 2.05) is 36.6 Å². The quantitative estimate of drug-likeness (QED) is 0.623. The van der Waals surface area contributed by atoms with Gasteiger partial charge in [-0.05, 0) is 37.3 Å². The van der Waals surface area contributed by atoms with Crippen LogP contribution in [0.15, 0.2) is 30.3 Å². The zero-order valence-electron chi connectivity index (χ0n) is 13.1. The summed E-state index contributed by atoms with van der Waals surface area (Å²) in [6.45, 7) is 2.12. The number of thioether (sulfide) groups is 1. The Hall–Kier alpha value is -1.53. The van der Waals surface area contributed by atoms with E-state index in [9.17, 15) is 14.7 Å². The van der Waals surface area contributed by atoms with Crippen LogP contribution in [0.4, 0.5) is 0 Å². The van der Waals surface area contributed by atoms with Gasteiger partial charge in [0, 0.05) is 13.1 Å². The zero-order valence-corrected chi connectivity index (χ0v) is 13.9. The molecule has 5 nitrogen and oxygen atoms in total. The van der Waals surface area contributed by atoms with E-state index in [0.717, 1.165) is 11.3 Å². The molecule has 0 radical (unpaired) electrons. The second-order valence-corrected chi connectivity index (χ2v) is 6.40. The minimum absolute atomic E-state index is 0.0680. The molecule has 0 aliphatic heterocycles. The Morgan fingerprint density at radius 2 is 1.82 bits per heavy atom. The van der Waals surface area contributed by atoms with E-state index in [-0.39, 0.29) is 6.54 Å². The molecule has 2 amide bonds. The smallest absolute Gasteiger partial charge is 0.309 e. The summed E-state index contributed by atoms with van der Waals surface area (Å²) in [6, 6.07) is 9.73. The first-order valence-corrected chi connectivity index (χ1v) is 8.65. The summed E-state index contributed by atoms with van der Waals surface area (Å²) in [6.07, 6.45) is 3.18. The highest BCUT2D eigenvalue weighted by Gasteiger charge is 2.22. The fourth-order valence-corrected chi connectivity index (χ4v) is 2.45. The summed E-state index contributed by atoms with van der Waals surface area (Å²) in [4.78, 5) is 23.3. The molecule has 0 fully saturated rings. The van der Waals surface area contributed by atoms with Crippen molar-refractivity contribution in [1.82, 2.24) is 10.6 Å². The largest absolute Gasteiger partial charge is 0.388 e. The lowest BCUT2D eigenvalue weighted by Crippen LogP contribution is -2.47. The van der Waals surface area contributed by atoms with Gasteiger partial charge in [0.1, 0.15) is 0 Å². The summed E-state index contributed by atoms with van der Waals surface area (Å²) in [5, 5.41) is 15.1. The third kappa shape index (κ3) is 7.47. The summed E-state index contributed by atoms with van der Waals surface area (Å²) in [5.41, 5.74) is 0.103. The molecule has 122 valence electrons. The summed E-state index contributed by atoms with van der Waals surface area (Å²) in [7, 11) is 0. The fourth-order valence-electron chi connectivity index (χ4n) is 1.81. The summed E-state index contributed by atoms with van der Waals surface area (Å²) < 4.78 is 0. The van der Waals surface area contributed by atoms with Gasteiger partial charge in [-0.15, -0.1) is 0 Å². The van der Waals surface area contributed by atoms with Crippen molar-refractivity contribution < 1.29 is 14.7 Å². The predicted molar refractivity (Wildman–Crippen MR) is 89.8 cm³/mol. The monoisotopic (exact) mass is 324 g/mol. The molecule has 22 heavy (non-hydrogen) atoms. The number of hydrogen-bond acceptors (Lipinski definition) is 4. The van der Waals surface area contributed by atoms with Crippen LogP contribution in [0, 0.1) is 0 Å². The van der Waals surface area contributed by atoms with E-state index < -0.39 is 17.4 Å². The molecule has 6 heteroatoms. The van der Waals surface area contributed by atoms with E-state index in [1.54, 1.807) is 18.7 Å². The minimum atomic E-state index is -0.997. The Morgan fingerprint density at radius 1 is 1.18 bits per heavy atom. The molecule has 0 spiro atoms. The van der Waals surface area contributed by atoms with Gasteiger partial charge in [-0.25, -0.2) is 0 Å². The number of amides is 2. The lowest BCUT2D eigenvalue weighted by atomic mass is 10.0. The van der Waals surface area contributed by atoms with Crippen LogP contribution in [0.2, 0.25) is 0 Å². The van der Waals surface area contributed by atoms with Crippen LogP contribution >= 0.6 is 11.8 Å². The van der Waals surface area contributed by atoms with E-state index in [0.29, 0.717) is 19.4 Å². The number of nitrogens with one attached hydrogen (secondary N) is 2. The van der Waals surface area contributed by atoms with E-state index in [2.05, 4.69) is 10.6 Å². The predicted octanol–water partition coefficient (Wildman–Crippen LogP) is 0.966. The first-order valence-electron chi connectivity index (χ1n) is 7.26. The maximum absolute atomic E-state index is 11.7. The zero-order chi connectivity index (χ0) is 16.4. The molecule has 1 aromatic rings. The third-order valence-electron chi connectivity index (χ3n) is 3.22. The van der Waals surface area contributed by atoms with Crippen molar-refractivity contribution >= 4 is 23.6 Å². The number of benzene rings is 1.